The topological polar surface area (TPSA) is 344 Å². The Balaban J connectivity index is 1.23. The van der Waals surface area contributed by atoms with Gasteiger partial charge >= 0.3 is 0 Å². The van der Waals surface area contributed by atoms with Crippen LogP contribution in [0.15, 0.2) is 94.3 Å². The molecule has 22 nitrogen and oxygen atoms in total. The maximum Gasteiger partial charge on any atom is 0.295 e. The fourth-order valence-corrected chi connectivity index (χ4v) is 6.93. The molecule has 3 aromatic carbocycles. The van der Waals surface area contributed by atoms with Gasteiger partial charge in [0.05, 0.1) is 6.04 Å². The van der Waals surface area contributed by atoms with Crippen LogP contribution < -0.4 is 43.4 Å². The van der Waals surface area contributed by atoms with Crippen LogP contribution in [0.4, 0.5) is 52.8 Å². The van der Waals surface area contributed by atoms with E-state index in [2.05, 4.69) is 61.8 Å². The molecule has 0 radical (unpaired) electrons. The van der Waals surface area contributed by atoms with Crippen LogP contribution in [-0.2, 0) is 25.0 Å². The molecule has 0 aliphatic heterocycles. The number of nitrogens with zero attached hydrogens (tertiary/aromatic N) is 6. The number of primary amides is 2. The molecule has 24 heteroatoms. The van der Waals surface area contributed by atoms with Gasteiger partial charge in [-0.3, -0.25) is 18.7 Å². The molecule has 5 aromatic rings. The van der Waals surface area contributed by atoms with Gasteiger partial charge < -0.3 is 43.4 Å². The van der Waals surface area contributed by atoms with Crippen molar-refractivity contribution in [3.05, 3.63) is 101 Å². The van der Waals surface area contributed by atoms with Crippen LogP contribution in [0.25, 0.3) is 12.2 Å². The number of hydrogen-bond donors (Lipinski definition) is 10. The largest absolute Gasteiger partial charge is 0.366 e. The lowest BCUT2D eigenvalue weighted by molar-refractivity contribution is -0.114. The maximum atomic E-state index is 12.6. The van der Waals surface area contributed by atoms with Gasteiger partial charge in [0.15, 0.2) is 0 Å². The van der Waals surface area contributed by atoms with Crippen LogP contribution in [0.2, 0.25) is 0 Å². The van der Waals surface area contributed by atoms with Crippen LogP contribution in [0, 0.1) is 0 Å². The molecule has 2 aromatic heterocycles. The Hall–Kier alpha value is -7.54. The van der Waals surface area contributed by atoms with Crippen molar-refractivity contribution in [3.8, 4) is 0 Å². The van der Waals surface area contributed by atoms with Gasteiger partial charge in [0.2, 0.25) is 47.5 Å². The summed E-state index contributed by atoms with van der Waals surface area (Å²) in [5.41, 5.74) is 12.0. The van der Waals surface area contributed by atoms with Gasteiger partial charge in [0, 0.05) is 42.3 Å². The zero-order valence-corrected chi connectivity index (χ0v) is 33.1. The van der Waals surface area contributed by atoms with Crippen molar-refractivity contribution < 1.29 is 35.5 Å². The van der Waals surface area contributed by atoms with Crippen molar-refractivity contribution in [3.63, 3.8) is 0 Å². The third-order valence-corrected chi connectivity index (χ3v) is 10.2. The van der Waals surface area contributed by atoms with Gasteiger partial charge in [-0.05, 0) is 66.1 Å². The van der Waals surface area contributed by atoms with Gasteiger partial charge in [-0.1, -0.05) is 42.5 Å². The van der Waals surface area contributed by atoms with E-state index in [1.54, 1.807) is 44.5 Å². The van der Waals surface area contributed by atoms with E-state index in [1.165, 1.54) is 48.6 Å². The SMILES string of the molecule is CNc1nc(Nc2ccc(C(N)=O)cc2)nc(Nc2ccc(/C=C/c3ccc(Nc4nc(NC)nc(NC5C=CC(C(N)=O)=CC5)n4)cc3S(=O)(=O)O)c(S(=O)(=O)O)c2)n1. The predicted octanol–water partition coefficient (Wildman–Crippen LogP) is 3.29. The van der Waals surface area contributed by atoms with E-state index in [9.17, 15) is 35.5 Å². The average molecular weight is 857 g/mol. The molecule has 2 heterocycles. The Labute approximate surface area is 342 Å². The number of nitrogens with two attached hydrogens (primary N) is 2. The molecule has 1 aliphatic rings. The van der Waals surface area contributed by atoms with Crippen LogP contribution in [0.5, 0.6) is 0 Å². The van der Waals surface area contributed by atoms with Gasteiger partial charge in [-0.15, -0.1) is 0 Å². The highest BCUT2D eigenvalue weighted by atomic mass is 32.2. The lowest BCUT2D eigenvalue weighted by Crippen LogP contribution is -2.23. The first kappa shape index (κ1) is 42.1. The van der Waals surface area contributed by atoms with Gasteiger partial charge in [0.1, 0.15) is 9.79 Å². The fourth-order valence-electron chi connectivity index (χ4n) is 5.51. The van der Waals surface area contributed by atoms with Gasteiger partial charge in [-0.25, -0.2) is 0 Å². The minimum atomic E-state index is -4.86. The second kappa shape index (κ2) is 17.5. The Bertz CT molecular complexity index is 2800. The Morgan fingerprint density at radius 3 is 1.48 bits per heavy atom. The molecule has 0 spiro atoms. The van der Waals surface area contributed by atoms with E-state index in [0.29, 0.717) is 23.2 Å². The summed E-state index contributed by atoms with van der Waals surface area (Å²) in [7, 11) is -6.57. The molecule has 12 N–H and O–H groups in total. The van der Waals surface area contributed by atoms with Crippen molar-refractivity contribution in [2.75, 3.05) is 46.0 Å². The third kappa shape index (κ3) is 10.7. The fraction of sp³-hybridized carbons (Fsp3) is 0.111. The molecular weight excluding hydrogens is 821 g/mol. The molecule has 1 atom stereocenters. The number of aromatic nitrogens is 6. The Kier molecular flexibility index (Phi) is 12.3. The molecule has 310 valence electrons. The first-order valence-electron chi connectivity index (χ1n) is 17.4. The van der Waals surface area contributed by atoms with E-state index >= 15 is 0 Å². The minimum absolute atomic E-state index is 0.00396. The predicted molar refractivity (Wildman–Crippen MR) is 223 cm³/mol. The summed E-state index contributed by atoms with van der Waals surface area (Å²) in [5, 5.41) is 17.4. The first-order valence-corrected chi connectivity index (χ1v) is 20.3. The van der Waals surface area contributed by atoms with E-state index < -0.39 is 41.8 Å². The van der Waals surface area contributed by atoms with Gasteiger partial charge in [0.25, 0.3) is 20.2 Å². The quantitative estimate of drug-likeness (QED) is 0.0502. The minimum Gasteiger partial charge on any atom is -0.366 e. The van der Waals surface area contributed by atoms with E-state index in [1.807, 2.05) is 0 Å². The number of benzene rings is 3. The van der Waals surface area contributed by atoms with Crippen molar-refractivity contribution in [2.45, 2.75) is 22.3 Å². The van der Waals surface area contributed by atoms with Crippen molar-refractivity contribution >= 4 is 97.0 Å². The summed E-state index contributed by atoms with van der Waals surface area (Å²) >= 11 is 0. The first-order chi connectivity index (χ1) is 28.5. The summed E-state index contributed by atoms with van der Waals surface area (Å²) in [6.07, 6.45) is 7.89. The second-order valence-corrected chi connectivity index (χ2v) is 15.4. The molecule has 6 rings (SSSR count). The van der Waals surface area contributed by atoms with E-state index in [0.717, 1.165) is 12.1 Å². The monoisotopic (exact) mass is 856 g/mol. The summed E-state index contributed by atoms with van der Waals surface area (Å²) in [5.74, 6) is -0.628. The summed E-state index contributed by atoms with van der Waals surface area (Å²) in [4.78, 5) is 47.4. The van der Waals surface area contributed by atoms with Crippen LogP contribution in [0.3, 0.4) is 0 Å². The normalized spacial score (nSPS) is 13.9. The number of hydrogen-bond acceptors (Lipinski definition) is 18. The van der Waals surface area contributed by atoms with Gasteiger partial charge in [-0.2, -0.15) is 46.7 Å². The number of rotatable bonds is 16. The number of carbonyl (C=O) groups excluding carboxylic acids is 2. The lowest BCUT2D eigenvalue weighted by Gasteiger charge is -2.18. The molecule has 0 saturated heterocycles. The Morgan fingerprint density at radius 1 is 0.633 bits per heavy atom. The third-order valence-electron chi connectivity index (χ3n) is 8.38. The smallest absolute Gasteiger partial charge is 0.295 e. The number of anilines is 9. The van der Waals surface area contributed by atoms with Crippen molar-refractivity contribution in [2.24, 2.45) is 11.5 Å². The number of nitrogens with one attached hydrogen (secondary N) is 6. The average Bonchev–Trinajstić information content (AvgIpc) is 3.20. The summed E-state index contributed by atoms with van der Waals surface area (Å²) < 4.78 is 70.6. The number of carbonyl (C=O) groups is 2. The highest BCUT2D eigenvalue weighted by molar-refractivity contribution is 7.86. The zero-order chi connectivity index (χ0) is 43.2. The number of amides is 2. The Morgan fingerprint density at radius 2 is 1.07 bits per heavy atom. The highest BCUT2D eigenvalue weighted by Gasteiger charge is 2.20. The summed E-state index contributed by atoms with van der Waals surface area (Å²) in [6.45, 7) is 0. The summed E-state index contributed by atoms with van der Waals surface area (Å²) in [6, 6.07) is 13.8. The maximum absolute atomic E-state index is 12.6. The molecule has 2 amide bonds. The van der Waals surface area contributed by atoms with Crippen molar-refractivity contribution in [1.82, 2.24) is 29.9 Å². The lowest BCUT2D eigenvalue weighted by atomic mass is 10.0. The zero-order valence-electron chi connectivity index (χ0n) is 31.4. The molecule has 60 heavy (non-hydrogen) atoms. The standard InChI is InChI=1S/C36H36N14O8S2/c1-39-31-45-33(41-23-11-7-21(8-12-23)29(37)51)49-35(47-31)43-25-15-5-19(27(17-25)59(53,54)55)3-4-20-6-16-26(18-28(20)60(56,57)58)44-36-48-32(40-2)46-34(50-36)42-24-13-9-22(10-14-24)30(38)52/h3-13,15-18,24H,14H2,1-2H3,(H2,37,51)(H2,38,52)(H,53,54,55)(H,56,57,58)(H3,39,41,43,45,47,49)(H3,40,42,44,46,48,50)/b4-3+. The van der Waals surface area contributed by atoms with Crippen molar-refractivity contribution in [1.29, 1.82) is 0 Å². The van der Waals surface area contributed by atoms with E-state index in [-0.39, 0.29) is 64.2 Å². The van der Waals surface area contributed by atoms with Crippen LogP contribution >= 0.6 is 0 Å². The van der Waals surface area contributed by atoms with Crippen LogP contribution in [-0.4, -0.2) is 87.8 Å². The molecule has 0 saturated carbocycles. The molecule has 0 bridgehead atoms. The molecular formula is C36H36N14O8S2. The van der Waals surface area contributed by atoms with Crippen LogP contribution in [0.1, 0.15) is 27.9 Å². The second-order valence-electron chi connectivity index (χ2n) is 12.6. The molecule has 1 unspecified atom stereocenters. The highest BCUT2D eigenvalue weighted by Crippen LogP contribution is 2.29. The molecule has 1 aliphatic carbocycles. The van der Waals surface area contributed by atoms with E-state index in [4.69, 9.17) is 11.5 Å². The molecule has 0 fully saturated rings.